The van der Waals surface area contributed by atoms with Crippen LogP contribution in [0.25, 0.3) is 5.69 Å². The number of rotatable bonds is 4. The first-order valence-corrected chi connectivity index (χ1v) is 6.73. The van der Waals surface area contributed by atoms with Crippen LogP contribution in [-0.4, -0.2) is 22.0 Å². The van der Waals surface area contributed by atoms with Gasteiger partial charge in [-0.05, 0) is 24.3 Å². The summed E-state index contributed by atoms with van der Waals surface area (Å²) >= 11 is 0. The molecule has 2 aromatic carbocycles. The molecule has 1 amide bonds. The molecule has 1 aromatic heterocycles. The Hall–Kier alpha value is -3.21. The third-order valence-corrected chi connectivity index (χ3v) is 3.17. The molecule has 3 aromatic rings. The van der Waals surface area contributed by atoms with Crippen LogP contribution >= 0.6 is 0 Å². The number of nitrogens with zero attached hydrogens (tertiary/aromatic N) is 2. The van der Waals surface area contributed by atoms with Crippen molar-refractivity contribution in [1.82, 2.24) is 9.78 Å². The van der Waals surface area contributed by atoms with Gasteiger partial charge in [-0.1, -0.05) is 30.3 Å². The van der Waals surface area contributed by atoms with Crippen molar-refractivity contribution in [2.75, 3.05) is 5.32 Å². The van der Waals surface area contributed by atoms with Gasteiger partial charge < -0.3 is 5.32 Å². The minimum Gasteiger partial charge on any atom is -0.319 e. The first-order chi connectivity index (χ1) is 10.8. The lowest BCUT2D eigenvalue weighted by Crippen LogP contribution is -2.11. The van der Waals surface area contributed by atoms with Gasteiger partial charge in [0.1, 0.15) is 6.29 Å². The molecule has 0 aliphatic heterocycles. The second kappa shape index (κ2) is 6.05. The zero-order valence-electron chi connectivity index (χ0n) is 11.6. The van der Waals surface area contributed by atoms with Crippen molar-refractivity contribution in [2.24, 2.45) is 0 Å². The molecule has 0 atom stereocenters. The van der Waals surface area contributed by atoms with Crippen LogP contribution < -0.4 is 5.32 Å². The average Bonchev–Trinajstić information content (AvgIpc) is 3.04. The molecule has 0 radical (unpaired) electrons. The molecule has 0 saturated heterocycles. The summed E-state index contributed by atoms with van der Waals surface area (Å²) in [6.45, 7) is 0. The molecule has 22 heavy (non-hydrogen) atoms. The Kier molecular flexibility index (Phi) is 3.78. The van der Waals surface area contributed by atoms with Crippen LogP contribution in [0.4, 0.5) is 5.69 Å². The van der Waals surface area contributed by atoms with Crippen molar-refractivity contribution in [1.29, 1.82) is 0 Å². The molecule has 1 N–H and O–H groups in total. The lowest BCUT2D eigenvalue weighted by atomic mass is 10.1. The number of aldehydes is 1. The van der Waals surface area contributed by atoms with E-state index in [0.717, 1.165) is 12.0 Å². The smallest absolute Gasteiger partial charge is 0.255 e. The van der Waals surface area contributed by atoms with Gasteiger partial charge in [-0.2, -0.15) is 5.10 Å². The summed E-state index contributed by atoms with van der Waals surface area (Å²) in [6, 6.07) is 16.1. The van der Waals surface area contributed by atoms with E-state index in [1.54, 1.807) is 41.3 Å². The molecule has 108 valence electrons. The standard InChI is InChI=1S/C17H13N3O2/c21-12-13-6-8-14(9-7-13)17(22)19-15-10-18-20(11-15)16-4-2-1-3-5-16/h1-12H,(H,19,22). The summed E-state index contributed by atoms with van der Waals surface area (Å²) in [7, 11) is 0. The highest BCUT2D eigenvalue weighted by Crippen LogP contribution is 2.13. The van der Waals surface area contributed by atoms with E-state index in [2.05, 4.69) is 10.4 Å². The molecule has 0 unspecified atom stereocenters. The van der Waals surface area contributed by atoms with Crippen LogP contribution in [0, 0.1) is 0 Å². The largest absolute Gasteiger partial charge is 0.319 e. The van der Waals surface area contributed by atoms with Gasteiger partial charge in [-0.3, -0.25) is 9.59 Å². The Morgan fingerprint density at radius 1 is 1.05 bits per heavy atom. The van der Waals surface area contributed by atoms with E-state index < -0.39 is 0 Å². The number of nitrogens with one attached hydrogen (secondary N) is 1. The molecule has 0 spiro atoms. The topological polar surface area (TPSA) is 64.0 Å². The van der Waals surface area contributed by atoms with E-state index >= 15 is 0 Å². The Bertz CT molecular complexity index is 792. The third-order valence-electron chi connectivity index (χ3n) is 3.17. The van der Waals surface area contributed by atoms with Crippen molar-refractivity contribution in [3.63, 3.8) is 0 Å². The van der Waals surface area contributed by atoms with Gasteiger partial charge in [0.25, 0.3) is 5.91 Å². The summed E-state index contributed by atoms with van der Waals surface area (Å²) in [5.41, 5.74) is 2.54. The molecule has 0 saturated carbocycles. The van der Waals surface area contributed by atoms with E-state index in [4.69, 9.17) is 0 Å². The van der Waals surface area contributed by atoms with Crippen molar-refractivity contribution < 1.29 is 9.59 Å². The van der Waals surface area contributed by atoms with Crippen molar-refractivity contribution >= 4 is 17.9 Å². The number of carbonyl (C=O) groups is 2. The molecule has 0 aliphatic carbocycles. The summed E-state index contributed by atoms with van der Waals surface area (Å²) in [5.74, 6) is -0.245. The monoisotopic (exact) mass is 291 g/mol. The molecule has 3 rings (SSSR count). The average molecular weight is 291 g/mol. The van der Waals surface area contributed by atoms with Crippen LogP contribution in [0.2, 0.25) is 0 Å². The second-order valence-corrected chi connectivity index (χ2v) is 4.70. The van der Waals surface area contributed by atoms with Gasteiger partial charge in [0, 0.05) is 11.1 Å². The maximum Gasteiger partial charge on any atom is 0.255 e. The van der Waals surface area contributed by atoms with E-state index in [9.17, 15) is 9.59 Å². The highest BCUT2D eigenvalue weighted by atomic mass is 16.1. The van der Waals surface area contributed by atoms with Crippen LogP contribution in [0.15, 0.2) is 67.0 Å². The quantitative estimate of drug-likeness (QED) is 0.752. The predicted octanol–water partition coefficient (Wildman–Crippen LogP) is 2.94. The van der Waals surface area contributed by atoms with Crippen LogP contribution in [-0.2, 0) is 0 Å². The van der Waals surface area contributed by atoms with Gasteiger partial charge in [0.2, 0.25) is 0 Å². The summed E-state index contributed by atoms with van der Waals surface area (Å²) in [5, 5.41) is 6.99. The van der Waals surface area contributed by atoms with Gasteiger partial charge in [-0.15, -0.1) is 0 Å². The highest BCUT2D eigenvalue weighted by Gasteiger charge is 2.08. The third kappa shape index (κ3) is 2.93. The van der Waals surface area contributed by atoms with Gasteiger partial charge in [-0.25, -0.2) is 4.68 Å². The maximum atomic E-state index is 12.1. The molecule has 1 heterocycles. The number of hydrogen-bond acceptors (Lipinski definition) is 3. The second-order valence-electron chi connectivity index (χ2n) is 4.70. The van der Waals surface area contributed by atoms with Gasteiger partial charge in [0.05, 0.1) is 23.8 Å². The van der Waals surface area contributed by atoms with Crippen LogP contribution in [0.3, 0.4) is 0 Å². The first kappa shape index (κ1) is 13.8. The molecule has 5 nitrogen and oxygen atoms in total. The van der Waals surface area contributed by atoms with E-state index in [1.807, 2.05) is 30.3 Å². The number of aromatic nitrogens is 2. The van der Waals surface area contributed by atoms with Crippen molar-refractivity contribution in [2.45, 2.75) is 0 Å². The molecule has 0 aliphatic rings. The van der Waals surface area contributed by atoms with Crippen LogP contribution in [0.5, 0.6) is 0 Å². The van der Waals surface area contributed by atoms with Gasteiger partial charge >= 0.3 is 0 Å². The fourth-order valence-electron chi connectivity index (χ4n) is 2.03. The molecule has 0 fully saturated rings. The fourth-order valence-corrected chi connectivity index (χ4v) is 2.03. The van der Waals surface area contributed by atoms with Crippen molar-refractivity contribution in [3.8, 4) is 5.69 Å². The number of benzene rings is 2. The van der Waals surface area contributed by atoms with E-state index in [0.29, 0.717) is 16.8 Å². The Balaban J connectivity index is 1.74. The Labute approximate surface area is 127 Å². The van der Waals surface area contributed by atoms with Crippen molar-refractivity contribution in [3.05, 3.63) is 78.1 Å². The lowest BCUT2D eigenvalue weighted by Gasteiger charge is -2.02. The maximum absolute atomic E-state index is 12.1. The van der Waals surface area contributed by atoms with Crippen LogP contribution in [0.1, 0.15) is 20.7 Å². The number of anilines is 1. The number of carbonyl (C=O) groups excluding carboxylic acids is 2. The van der Waals surface area contributed by atoms with E-state index in [1.165, 1.54) is 0 Å². The van der Waals surface area contributed by atoms with Gasteiger partial charge in [0.15, 0.2) is 0 Å². The summed E-state index contributed by atoms with van der Waals surface area (Å²) in [6.07, 6.45) is 4.07. The molecule has 0 bridgehead atoms. The molecular formula is C17H13N3O2. The Morgan fingerprint density at radius 2 is 1.77 bits per heavy atom. The SMILES string of the molecule is O=Cc1ccc(C(=O)Nc2cnn(-c3ccccc3)c2)cc1. The highest BCUT2D eigenvalue weighted by molar-refractivity contribution is 6.04. The van der Waals surface area contributed by atoms with E-state index in [-0.39, 0.29) is 5.91 Å². The fraction of sp³-hybridized carbons (Fsp3) is 0. The molecule has 5 heteroatoms. The minimum atomic E-state index is -0.245. The minimum absolute atomic E-state index is 0.245. The number of para-hydroxylation sites is 1. The normalized spacial score (nSPS) is 10.2. The Morgan fingerprint density at radius 3 is 2.45 bits per heavy atom. The predicted molar refractivity (Wildman–Crippen MR) is 83.3 cm³/mol. The number of hydrogen-bond donors (Lipinski definition) is 1. The first-order valence-electron chi connectivity index (χ1n) is 6.73. The lowest BCUT2D eigenvalue weighted by molar-refractivity contribution is 0.102. The summed E-state index contributed by atoms with van der Waals surface area (Å²) in [4.78, 5) is 22.7. The zero-order valence-corrected chi connectivity index (χ0v) is 11.6. The zero-order chi connectivity index (χ0) is 15.4. The summed E-state index contributed by atoms with van der Waals surface area (Å²) < 4.78 is 1.69. The molecular weight excluding hydrogens is 278 g/mol. The number of amides is 1.